The van der Waals surface area contributed by atoms with Crippen LogP contribution < -0.4 is 4.90 Å². The summed E-state index contributed by atoms with van der Waals surface area (Å²) in [6.45, 7) is 6.50. The highest BCUT2D eigenvalue weighted by Gasteiger charge is 2.13. The third kappa shape index (κ3) is 3.32. The van der Waals surface area contributed by atoms with E-state index in [2.05, 4.69) is 43.9 Å². The van der Waals surface area contributed by atoms with Gasteiger partial charge in [0.05, 0.1) is 0 Å². The molecule has 1 atom stereocenters. The smallest absolute Gasteiger partial charge is 0.120 e. The van der Waals surface area contributed by atoms with Crippen LogP contribution in [0, 0.1) is 0 Å². The van der Waals surface area contributed by atoms with Crippen LogP contribution in [0.4, 0.5) is 5.69 Å². The molecule has 0 N–H and O–H groups in total. The quantitative estimate of drug-likeness (QED) is 0.725. The monoisotopic (exact) mass is 233 g/mol. The molecule has 0 amide bonds. The molecule has 0 heterocycles. The molecule has 1 aromatic carbocycles. The molecule has 0 aromatic heterocycles. The van der Waals surface area contributed by atoms with Gasteiger partial charge in [-0.25, -0.2) is 0 Å². The van der Waals surface area contributed by atoms with Crippen LogP contribution in [0.25, 0.3) is 0 Å². The number of benzene rings is 1. The van der Waals surface area contributed by atoms with E-state index < -0.39 is 0 Å². The summed E-state index contributed by atoms with van der Waals surface area (Å²) >= 11 is 0. The second-order valence-electron chi connectivity index (χ2n) is 5.17. The number of aldehydes is 1. The van der Waals surface area contributed by atoms with Gasteiger partial charge in [-0.15, -0.1) is 0 Å². The fourth-order valence-corrected chi connectivity index (χ4v) is 2.01. The van der Waals surface area contributed by atoms with Gasteiger partial charge in [-0.3, -0.25) is 0 Å². The van der Waals surface area contributed by atoms with Crippen molar-refractivity contribution in [3.8, 4) is 0 Å². The summed E-state index contributed by atoms with van der Waals surface area (Å²) in [6, 6.07) is 6.58. The van der Waals surface area contributed by atoms with Crippen LogP contribution in [0.2, 0.25) is 0 Å². The molecule has 0 radical (unpaired) electrons. The number of nitrogens with zero attached hydrogens (tertiary/aromatic N) is 1. The molecule has 1 unspecified atom stereocenters. The van der Waals surface area contributed by atoms with E-state index >= 15 is 0 Å². The number of carbonyl (C=O) groups is 1. The van der Waals surface area contributed by atoms with Gasteiger partial charge in [0.25, 0.3) is 0 Å². The molecule has 0 aliphatic heterocycles. The standard InChI is InChI=1S/C15H23NO/c1-11(2)13-6-7-15(16(4)5)14(10-13)12(3)8-9-17/h6-7,9-12H,8H2,1-5H3. The van der Waals surface area contributed by atoms with Gasteiger partial charge in [-0.2, -0.15) is 0 Å². The van der Waals surface area contributed by atoms with E-state index in [1.165, 1.54) is 16.8 Å². The Morgan fingerprint density at radius 1 is 1.24 bits per heavy atom. The van der Waals surface area contributed by atoms with E-state index in [1.807, 2.05) is 14.1 Å². The minimum atomic E-state index is 0.281. The molecular formula is C15H23NO. The Labute approximate surface area is 105 Å². The van der Waals surface area contributed by atoms with Crippen LogP contribution in [0.3, 0.4) is 0 Å². The summed E-state index contributed by atoms with van der Waals surface area (Å²) in [4.78, 5) is 12.8. The molecule has 94 valence electrons. The van der Waals surface area contributed by atoms with Gasteiger partial charge in [0.1, 0.15) is 6.29 Å². The van der Waals surface area contributed by atoms with Gasteiger partial charge in [0.15, 0.2) is 0 Å². The largest absolute Gasteiger partial charge is 0.377 e. The summed E-state index contributed by atoms with van der Waals surface area (Å²) in [5.74, 6) is 0.803. The van der Waals surface area contributed by atoms with E-state index in [-0.39, 0.29) is 5.92 Å². The Balaban J connectivity index is 3.19. The fraction of sp³-hybridized carbons (Fsp3) is 0.533. The van der Waals surface area contributed by atoms with Crippen LogP contribution in [-0.4, -0.2) is 20.4 Å². The summed E-state index contributed by atoms with van der Waals surface area (Å²) < 4.78 is 0. The molecular weight excluding hydrogens is 210 g/mol. The van der Waals surface area contributed by atoms with Crippen molar-refractivity contribution < 1.29 is 4.79 Å². The predicted octanol–water partition coefficient (Wildman–Crippen LogP) is 3.57. The first-order valence-corrected chi connectivity index (χ1v) is 6.22. The molecule has 17 heavy (non-hydrogen) atoms. The average Bonchev–Trinajstić information content (AvgIpc) is 2.28. The van der Waals surface area contributed by atoms with Crippen LogP contribution in [0.5, 0.6) is 0 Å². The zero-order valence-corrected chi connectivity index (χ0v) is 11.5. The molecule has 1 rings (SSSR count). The molecule has 0 spiro atoms. The molecule has 0 fully saturated rings. The highest BCUT2D eigenvalue weighted by atomic mass is 16.1. The highest BCUT2D eigenvalue weighted by molar-refractivity contribution is 5.59. The maximum absolute atomic E-state index is 10.7. The molecule has 1 aromatic rings. The molecule has 0 aliphatic carbocycles. The van der Waals surface area contributed by atoms with Crippen molar-refractivity contribution >= 4 is 12.0 Å². The zero-order chi connectivity index (χ0) is 13.0. The maximum atomic E-state index is 10.7. The Morgan fingerprint density at radius 3 is 2.35 bits per heavy atom. The Morgan fingerprint density at radius 2 is 1.88 bits per heavy atom. The normalized spacial score (nSPS) is 12.6. The van der Waals surface area contributed by atoms with E-state index in [9.17, 15) is 4.79 Å². The number of hydrogen-bond acceptors (Lipinski definition) is 2. The van der Waals surface area contributed by atoms with Crippen molar-refractivity contribution in [1.82, 2.24) is 0 Å². The van der Waals surface area contributed by atoms with Gasteiger partial charge < -0.3 is 9.69 Å². The minimum Gasteiger partial charge on any atom is -0.377 e. The lowest BCUT2D eigenvalue weighted by Gasteiger charge is -2.22. The van der Waals surface area contributed by atoms with E-state index in [0.29, 0.717) is 12.3 Å². The van der Waals surface area contributed by atoms with E-state index in [0.717, 1.165) is 6.29 Å². The summed E-state index contributed by atoms with van der Waals surface area (Å²) in [5, 5.41) is 0. The number of carbonyl (C=O) groups excluding carboxylic acids is 1. The Bertz CT molecular complexity index is 383. The second-order valence-corrected chi connectivity index (χ2v) is 5.17. The topological polar surface area (TPSA) is 20.3 Å². The summed E-state index contributed by atoms with van der Waals surface area (Å²) in [6.07, 6.45) is 1.59. The summed E-state index contributed by atoms with van der Waals surface area (Å²) in [7, 11) is 4.09. The molecule has 2 nitrogen and oxygen atoms in total. The Hall–Kier alpha value is -1.31. The van der Waals surface area contributed by atoms with E-state index in [1.54, 1.807) is 0 Å². The van der Waals surface area contributed by atoms with Crippen LogP contribution in [0.15, 0.2) is 18.2 Å². The van der Waals surface area contributed by atoms with Crippen molar-refractivity contribution in [3.05, 3.63) is 29.3 Å². The first-order chi connectivity index (χ1) is 7.97. The third-order valence-corrected chi connectivity index (χ3v) is 3.18. The predicted molar refractivity (Wildman–Crippen MR) is 74.0 cm³/mol. The zero-order valence-electron chi connectivity index (χ0n) is 11.5. The maximum Gasteiger partial charge on any atom is 0.120 e. The van der Waals surface area contributed by atoms with Crippen molar-refractivity contribution in [1.29, 1.82) is 0 Å². The summed E-state index contributed by atoms with van der Waals surface area (Å²) in [5.41, 5.74) is 3.82. The molecule has 0 bridgehead atoms. The lowest BCUT2D eigenvalue weighted by molar-refractivity contribution is -0.108. The SMILES string of the molecule is CC(C)c1ccc(N(C)C)c(C(C)CC=O)c1. The van der Waals surface area contributed by atoms with Crippen molar-refractivity contribution in [2.45, 2.75) is 39.0 Å². The van der Waals surface area contributed by atoms with Gasteiger partial charge in [0.2, 0.25) is 0 Å². The molecule has 0 saturated heterocycles. The lowest BCUT2D eigenvalue weighted by atomic mass is 9.91. The van der Waals surface area contributed by atoms with Crippen LogP contribution in [0.1, 0.15) is 50.2 Å². The van der Waals surface area contributed by atoms with Gasteiger partial charge >= 0.3 is 0 Å². The minimum absolute atomic E-state index is 0.281. The third-order valence-electron chi connectivity index (χ3n) is 3.18. The Kier molecular flexibility index (Phi) is 4.73. The van der Waals surface area contributed by atoms with Crippen LogP contribution in [-0.2, 0) is 4.79 Å². The molecule has 2 heteroatoms. The lowest BCUT2D eigenvalue weighted by Crippen LogP contribution is -2.13. The molecule has 0 saturated carbocycles. The van der Waals surface area contributed by atoms with Gasteiger partial charge in [-0.05, 0) is 29.0 Å². The first-order valence-electron chi connectivity index (χ1n) is 6.22. The van der Waals surface area contributed by atoms with Crippen molar-refractivity contribution in [3.63, 3.8) is 0 Å². The first kappa shape index (κ1) is 13.8. The highest BCUT2D eigenvalue weighted by Crippen LogP contribution is 2.31. The van der Waals surface area contributed by atoms with Gasteiger partial charge in [-0.1, -0.05) is 32.9 Å². The number of anilines is 1. The number of rotatable bonds is 5. The molecule has 0 aliphatic rings. The average molecular weight is 233 g/mol. The van der Waals surface area contributed by atoms with Crippen LogP contribution >= 0.6 is 0 Å². The fourth-order valence-electron chi connectivity index (χ4n) is 2.01. The van der Waals surface area contributed by atoms with Crippen molar-refractivity contribution in [2.75, 3.05) is 19.0 Å². The van der Waals surface area contributed by atoms with Crippen molar-refractivity contribution in [2.24, 2.45) is 0 Å². The van der Waals surface area contributed by atoms with Gasteiger partial charge in [0, 0.05) is 26.2 Å². The second kappa shape index (κ2) is 5.85. The number of hydrogen-bond donors (Lipinski definition) is 0. The van der Waals surface area contributed by atoms with E-state index in [4.69, 9.17) is 0 Å².